The largest absolute Gasteiger partial charge is 0.481 e. The van der Waals surface area contributed by atoms with Gasteiger partial charge in [-0.05, 0) is 112 Å². The molecular weight excluding hydrogens is 939 g/mol. The van der Waals surface area contributed by atoms with E-state index in [2.05, 4.69) is 21.3 Å². The standard InChI is InChI=1S/C47H77N5O19/c1-27(53)66-24-28-14-16-32(70-43-37(59)35(57)36(58)38(71-43)42(63)64)29(23-28)39(60)49-20-12-11-13-30(50-33(54)25-68-46(6,7)26-69-45(4,5)19-21-65-10)40(61)51-31(15-17-34(55)56)41(62)52-44(2,3)18-22-67-47(8,9)48/h14,16,23,30-31,35-38,43,57-59H,11-13,15,17-22,24-26,48H2,1-10H3,(H,49,60)(H,50,54)(H,51,61)(H,52,62)(H,55,56)(H,63,64)/t30-,31-,35-,36-,37+,38-,43+/m0/s1. The van der Waals surface area contributed by atoms with Crippen molar-refractivity contribution in [2.75, 3.05) is 40.1 Å². The predicted molar refractivity (Wildman–Crippen MR) is 251 cm³/mol. The summed E-state index contributed by atoms with van der Waals surface area (Å²) in [5.41, 5.74) is 2.75. The first-order chi connectivity index (χ1) is 32.9. The van der Waals surface area contributed by atoms with Gasteiger partial charge in [0, 0.05) is 39.1 Å². The van der Waals surface area contributed by atoms with Crippen molar-refractivity contribution < 1.29 is 92.3 Å². The van der Waals surface area contributed by atoms with Gasteiger partial charge in [-0.1, -0.05) is 6.07 Å². The molecule has 1 saturated heterocycles. The Morgan fingerprint density at radius 2 is 1.45 bits per heavy atom. The molecule has 1 aromatic rings. The maximum atomic E-state index is 14.0. The molecule has 24 nitrogen and oxygen atoms in total. The average Bonchev–Trinajstić information content (AvgIpc) is 3.26. The Morgan fingerprint density at radius 1 is 0.789 bits per heavy atom. The number of ether oxygens (including phenoxy) is 7. The van der Waals surface area contributed by atoms with E-state index < -0.39 is 120 Å². The monoisotopic (exact) mass is 1020 g/mol. The molecule has 24 heteroatoms. The van der Waals surface area contributed by atoms with E-state index in [0.717, 1.165) is 0 Å². The molecular formula is C47H77N5O19. The van der Waals surface area contributed by atoms with Crippen LogP contribution in [0.3, 0.4) is 0 Å². The van der Waals surface area contributed by atoms with E-state index >= 15 is 0 Å². The van der Waals surface area contributed by atoms with Crippen molar-refractivity contribution in [1.82, 2.24) is 21.3 Å². The molecule has 404 valence electrons. The number of rotatable bonds is 32. The van der Waals surface area contributed by atoms with E-state index in [1.54, 1.807) is 48.7 Å². The van der Waals surface area contributed by atoms with Gasteiger partial charge in [-0.15, -0.1) is 0 Å². The van der Waals surface area contributed by atoms with Crippen LogP contribution in [0, 0.1) is 0 Å². The van der Waals surface area contributed by atoms with Crippen molar-refractivity contribution in [3.8, 4) is 5.75 Å². The Morgan fingerprint density at radius 3 is 2.06 bits per heavy atom. The van der Waals surface area contributed by atoms with Crippen molar-refractivity contribution in [2.24, 2.45) is 5.73 Å². The zero-order valence-corrected chi connectivity index (χ0v) is 42.5. The van der Waals surface area contributed by atoms with Crippen molar-refractivity contribution in [3.05, 3.63) is 29.3 Å². The summed E-state index contributed by atoms with van der Waals surface area (Å²) < 4.78 is 38.7. The van der Waals surface area contributed by atoms with E-state index in [9.17, 15) is 59.1 Å². The normalized spacial score (nSPS) is 19.4. The van der Waals surface area contributed by atoms with Crippen LogP contribution in [-0.2, 0) is 63.8 Å². The molecule has 1 aromatic carbocycles. The molecule has 11 N–H and O–H groups in total. The first-order valence-electron chi connectivity index (χ1n) is 23.3. The fourth-order valence-corrected chi connectivity index (χ4v) is 6.64. The zero-order valence-electron chi connectivity index (χ0n) is 42.5. The minimum Gasteiger partial charge on any atom is -0.481 e. The van der Waals surface area contributed by atoms with Crippen LogP contribution in [0.4, 0.5) is 0 Å². The Kier molecular flexibility index (Phi) is 24.7. The highest BCUT2D eigenvalue weighted by Gasteiger charge is 2.48. The number of hydrogen-bond acceptors (Lipinski definition) is 18. The summed E-state index contributed by atoms with van der Waals surface area (Å²) in [5, 5.41) is 60.7. The molecule has 0 saturated carbocycles. The summed E-state index contributed by atoms with van der Waals surface area (Å²) in [4.78, 5) is 89.7. The molecule has 1 heterocycles. The van der Waals surface area contributed by atoms with Gasteiger partial charge in [-0.3, -0.25) is 28.8 Å². The number of benzene rings is 1. The van der Waals surface area contributed by atoms with Gasteiger partial charge in [0.05, 0.1) is 30.0 Å². The molecule has 1 aliphatic rings. The van der Waals surface area contributed by atoms with Crippen LogP contribution in [0.1, 0.15) is 123 Å². The summed E-state index contributed by atoms with van der Waals surface area (Å²) >= 11 is 0. The van der Waals surface area contributed by atoms with Crippen LogP contribution in [0.15, 0.2) is 18.2 Å². The highest BCUT2D eigenvalue weighted by molar-refractivity contribution is 5.97. The lowest BCUT2D eigenvalue weighted by molar-refractivity contribution is -0.271. The average molecular weight is 1020 g/mol. The number of aliphatic hydroxyl groups excluding tert-OH is 3. The lowest BCUT2D eigenvalue weighted by Crippen LogP contribution is -2.61. The molecule has 71 heavy (non-hydrogen) atoms. The van der Waals surface area contributed by atoms with Gasteiger partial charge >= 0.3 is 17.9 Å². The third-order valence-corrected chi connectivity index (χ3v) is 10.9. The number of carbonyl (C=O) groups excluding carboxylic acids is 5. The van der Waals surface area contributed by atoms with Gasteiger partial charge in [0.2, 0.25) is 24.0 Å². The van der Waals surface area contributed by atoms with E-state index in [1.165, 1.54) is 25.1 Å². The summed E-state index contributed by atoms with van der Waals surface area (Å²) in [7, 11) is 1.58. The summed E-state index contributed by atoms with van der Waals surface area (Å²) in [5.74, 6) is -6.65. The van der Waals surface area contributed by atoms with Crippen LogP contribution in [0.25, 0.3) is 0 Å². The minimum absolute atomic E-state index is 0.0366. The fraction of sp³-hybridized carbons (Fsp3) is 0.723. The number of carboxylic acid groups (broad SMARTS) is 2. The smallest absolute Gasteiger partial charge is 0.335 e. The Hall–Kier alpha value is -5.05. The molecule has 0 aromatic heterocycles. The van der Waals surface area contributed by atoms with Crippen molar-refractivity contribution in [2.45, 2.75) is 179 Å². The third-order valence-electron chi connectivity index (χ3n) is 10.9. The SMILES string of the molecule is COCCC(C)(C)OCC(C)(C)OCC(=O)N[C@@H](CCCCNC(=O)c1cc(COC(C)=O)ccc1O[C@@H]1O[C@H](C(=O)O)[C@@H](O)[C@H](O)[C@H]1O)C(=O)N[C@@H](CCC(=O)O)C(=O)NC(C)(C)CCOC(C)(C)N. The summed E-state index contributed by atoms with van der Waals surface area (Å²) in [6.07, 6.45) is -9.29. The number of aliphatic hydroxyl groups is 3. The van der Waals surface area contributed by atoms with E-state index in [0.29, 0.717) is 25.0 Å². The predicted octanol–water partition coefficient (Wildman–Crippen LogP) is 0.378. The number of nitrogens with one attached hydrogen (secondary N) is 4. The van der Waals surface area contributed by atoms with Gasteiger partial charge in [0.1, 0.15) is 55.1 Å². The number of carbonyl (C=O) groups is 7. The van der Waals surface area contributed by atoms with Crippen molar-refractivity contribution >= 4 is 41.5 Å². The second-order valence-electron chi connectivity index (χ2n) is 19.7. The third kappa shape index (κ3) is 23.4. The molecule has 1 fully saturated rings. The second kappa shape index (κ2) is 28.3. The van der Waals surface area contributed by atoms with Crippen molar-refractivity contribution in [1.29, 1.82) is 0 Å². The number of nitrogens with two attached hydrogens (primary N) is 1. The molecule has 0 spiro atoms. The Bertz CT molecular complexity index is 1940. The first kappa shape index (κ1) is 62.1. The van der Waals surface area contributed by atoms with E-state index in [-0.39, 0.29) is 63.4 Å². The molecule has 4 amide bonds. The Labute approximate surface area is 414 Å². The first-order valence-corrected chi connectivity index (χ1v) is 23.3. The van der Waals surface area contributed by atoms with Crippen LogP contribution in [-0.4, -0.2) is 172 Å². The topological polar surface area (TPSA) is 359 Å². The van der Waals surface area contributed by atoms with Crippen molar-refractivity contribution in [3.63, 3.8) is 0 Å². The van der Waals surface area contributed by atoms with Crippen LogP contribution in [0.2, 0.25) is 0 Å². The number of carboxylic acids is 2. The number of unbranched alkanes of at least 4 members (excludes halogenated alkanes) is 1. The molecule has 0 radical (unpaired) electrons. The number of esters is 1. The second-order valence-corrected chi connectivity index (χ2v) is 19.7. The maximum Gasteiger partial charge on any atom is 0.335 e. The number of methoxy groups -OCH3 is 1. The highest BCUT2D eigenvalue weighted by atomic mass is 16.7. The van der Waals surface area contributed by atoms with E-state index in [1.807, 2.05) is 13.8 Å². The Balaban J connectivity index is 2.31. The summed E-state index contributed by atoms with van der Waals surface area (Å²) in [6, 6.07) is 1.37. The van der Waals surface area contributed by atoms with Gasteiger partial charge in [-0.2, -0.15) is 0 Å². The van der Waals surface area contributed by atoms with Gasteiger partial charge in [0.15, 0.2) is 6.10 Å². The number of hydrogen-bond donors (Lipinski definition) is 10. The quantitative estimate of drug-likeness (QED) is 0.0265. The molecule has 0 aliphatic carbocycles. The van der Waals surface area contributed by atoms with Gasteiger partial charge in [-0.25, -0.2) is 4.79 Å². The zero-order chi connectivity index (χ0) is 53.9. The lowest BCUT2D eigenvalue weighted by atomic mass is 9.99. The minimum atomic E-state index is -2.00. The van der Waals surface area contributed by atoms with Gasteiger partial charge in [0.25, 0.3) is 5.91 Å². The van der Waals surface area contributed by atoms with Gasteiger partial charge < -0.3 is 85.7 Å². The lowest BCUT2D eigenvalue weighted by Gasteiger charge is -2.38. The molecule has 0 unspecified atom stereocenters. The molecule has 2 rings (SSSR count). The molecule has 1 aliphatic heterocycles. The van der Waals surface area contributed by atoms with Crippen LogP contribution < -0.4 is 31.7 Å². The maximum absolute atomic E-state index is 14.0. The summed E-state index contributed by atoms with van der Waals surface area (Å²) in [6.45, 7) is 15.2. The molecule has 7 atom stereocenters. The van der Waals surface area contributed by atoms with E-state index in [4.69, 9.17) is 38.9 Å². The molecule has 0 bridgehead atoms. The van der Waals surface area contributed by atoms with Crippen LogP contribution in [0.5, 0.6) is 5.75 Å². The number of amides is 4. The van der Waals surface area contributed by atoms with Crippen LogP contribution >= 0.6 is 0 Å². The highest BCUT2D eigenvalue weighted by Crippen LogP contribution is 2.28. The number of aliphatic carboxylic acids is 2. The fourth-order valence-electron chi connectivity index (χ4n) is 6.64.